The summed E-state index contributed by atoms with van der Waals surface area (Å²) in [6.45, 7) is 4.34. The molecule has 1 aromatic carbocycles. The monoisotopic (exact) mass is 434 g/mol. The molecule has 4 N–H and O–H groups in total. The number of aliphatic hydroxyl groups is 2. The third kappa shape index (κ3) is 6.08. The van der Waals surface area contributed by atoms with Crippen LogP contribution in [0.2, 0.25) is 0 Å². The maximum atomic E-state index is 11.3. The number of aliphatic hydroxyl groups excluding tert-OH is 2. The van der Waals surface area contributed by atoms with Gasteiger partial charge in [0.05, 0.1) is 12.2 Å². The van der Waals surface area contributed by atoms with Crippen LogP contribution in [0.4, 0.5) is 5.69 Å². The van der Waals surface area contributed by atoms with Gasteiger partial charge in [-0.25, -0.2) is 0 Å². The Hall–Kier alpha value is -1.91. The number of carbonyl (C=O) groups is 1. The zero-order valence-electron chi connectivity index (χ0n) is 17.9. The second kappa shape index (κ2) is 10.6. The summed E-state index contributed by atoms with van der Waals surface area (Å²) in [7, 11) is 0. The highest BCUT2D eigenvalue weighted by Crippen LogP contribution is 2.23. The van der Waals surface area contributed by atoms with Crippen molar-refractivity contribution in [3.8, 4) is 5.75 Å². The van der Waals surface area contributed by atoms with Crippen molar-refractivity contribution in [1.82, 2.24) is 15.5 Å². The van der Waals surface area contributed by atoms with Gasteiger partial charge >= 0.3 is 0 Å². The molecule has 0 bridgehead atoms. The Morgan fingerprint density at radius 2 is 1.71 bits per heavy atom. The number of rotatable bonds is 7. The molecule has 3 heterocycles. The molecule has 3 fully saturated rings. The third-order valence-electron chi connectivity index (χ3n) is 6.30. The first-order valence-electron chi connectivity index (χ1n) is 11.3. The minimum absolute atomic E-state index is 0.153. The molecule has 172 valence electrons. The first-order chi connectivity index (χ1) is 15.1. The summed E-state index contributed by atoms with van der Waals surface area (Å²) in [5, 5.41) is 26.4. The molecule has 3 saturated heterocycles. The van der Waals surface area contributed by atoms with Crippen LogP contribution in [-0.2, 0) is 9.53 Å². The molecule has 2 unspecified atom stereocenters. The maximum absolute atomic E-state index is 11.3. The Labute approximate surface area is 183 Å². The van der Waals surface area contributed by atoms with Gasteiger partial charge in [-0.1, -0.05) is 0 Å². The highest BCUT2D eigenvalue weighted by atomic mass is 16.5. The fourth-order valence-corrected chi connectivity index (χ4v) is 4.43. The average molecular weight is 435 g/mol. The number of hydrogen-bond acceptors (Lipinski definition) is 8. The van der Waals surface area contributed by atoms with E-state index in [9.17, 15) is 15.0 Å². The Kier molecular flexibility index (Phi) is 7.62. The number of benzene rings is 1. The van der Waals surface area contributed by atoms with Gasteiger partial charge in [0.1, 0.15) is 18.6 Å². The van der Waals surface area contributed by atoms with Crippen molar-refractivity contribution < 1.29 is 24.5 Å². The van der Waals surface area contributed by atoms with E-state index in [1.54, 1.807) is 4.90 Å². The van der Waals surface area contributed by atoms with Gasteiger partial charge in [-0.05, 0) is 63.0 Å². The molecule has 9 nitrogen and oxygen atoms in total. The molecule has 0 aliphatic carbocycles. The largest absolute Gasteiger partial charge is 0.489 e. The number of nitrogens with zero attached hydrogens (tertiary/aromatic N) is 2. The number of amides is 1. The van der Waals surface area contributed by atoms with Crippen LogP contribution in [0.5, 0.6) is 5.75 Å². The summed E-state index contributed by atoms with van der Waals surface area (Å²) in [6.07, 6.45) is 3.37. The summed E-state index contributed by atoms with van der Waals surface area (Å²) >= 11 is 0. The summed E-state index contributed by atoms with van der Waals surface area (Å²) in [5.74, 6) is 0.502. The molecule has 4 rings (SSSR count). The lowest BCUT2D eigenvalue weighted by atomic mass is 10.1. The fourth-order valence-electron chi connectivity index (χ4n) is 4.43. The van der Waals surface area contributed by atoms with Crippen LogP contribution in [0.1, 0.15) is 32.1 Å². The van der Waals surface area contributed by atoms with Crippen molar-refractivity contribution in [2.24, 2.45) is 0 Å². The predicted octanol–water partition coefficient (Wildman–Crippen LogP) is 0.219. The maximum Gasteiger partial charge on any atom is 0.225 e. The Bertz CT molecular complexity index is 704. The van der Waals surface area contributed by atoms with Gasteiger partial charge in [0.25, 0.3) is 0 Å². The molecule has 0 saturated carbocycles. The van der Waals surface area contributed by atoms with E-state index >= 15 is 0 Å². The molecule has 2 atom stereocenters. The molecule has 0 aromatic heterocycles. The van der Waals surface area contributed by atoms with Crippen LogP contribution in [0.3, 0.4) is 0 Å². The molecule has 0 radical (unpaired) electrons. The zero-order chi connectivity index (χ0) is 21.6. The minimum Gasteiger partial charge on any atom is -0.489 e. The van der Waals surface area contributed by atoms with Crippen molar-refractivity contribution in [3.63, 3.8) is 0 Å². The van der Waals surface area contributed by atoms with Gasteiger partial charge in [0.2, 0.25) is 12.3 Å². The highest BCUT2D eigenvalue weighted by molar-refractivity contribution is 5.78. The molecule has 3 aliphatic rings. The first kappa shape index (κ1) is 22.3. The van der Waals surface area contributed by atoms with Crippen LogP contribution in [0.15, 0.2) is 24.3 Å². The standard InChI is InChI=1S/C22H34N4O5/c27-20-9-14-26(22(29)24-20)16-1-3-17(4-2-16)30-15-21(28)25-12-7-19(8-13-25)31-18-5-10-23-11-6-18/h1-4,18-19,21-23,28-29H,5-15H2,(H,24,27). The Balaban J connectivity index is 1.18. The predicted molar refractivity (Wildman–Crippen MR) is 116 cm³/mol. The first-order valence-corrected chi connectivity index (χ1v) is 11.3. The van der Waals surface area contributed by atoms with E-state index in [2.05, 4.69) is 10.6 Å². The topological polar surface area (TPSA) is 107 Å². The summed E-state index contributed by atoms with van der Waals surface area (Å²) < 4.78 is 12.0. The quantitative estimate of drug-likeness (QED) is 0.483. The number of hydrogen-bond donors (Lipinski definition) is 4. The van der Waals surface area contributed by atoms with Crippen LogP contribution in [0.25, 0.3) is 0 Å². The summed E-state index contributed by atoms with van der Waals surface area (Å²) in [4.78, 5) is 15.1. The number of nitrogens with one attached hydrogen (secondary N) is 2. The van der Waals surface area contributed by atoms with Crippen LogP contribution >= 0.6 is 0 Å². The van der Waals surface area contributed by atoms with E-state index in [-0.39, 0.29) is 18.6 Å². The van der Waals surface area contributed by atoms with Crippen LogP contribution in [-0.4, -0.2) is 85.1 Å². The van der Waals surface area contributed by atoms with E-state index in [1.807, 2.05) is 29.2 Å². The molecule has 0 spiro atoms. The molecule has 1 amide bonds. The van der Waals surface area contributed by atoms with Crippen molar-refractivity contribution >= 4 is 11.6 Å². The second-order valence-electron chi connectivity index (χ2n) is 8.49. The second-order valence-corrected chi connectivity index (χ2v) is 8.49. The van der Waals surface area contributed by atoms with Gasteiger partial charge in [0, 0.05) is 31.7 Å². The minimum atomic E-state index is -1.02. The van der Waals surface area contributed by atoms with Crippen LogP contribution in [0, 0.1) is 0 Å². The number of piperidine rings is 2. The smallest absolute Gasteiger partial charge is 0.225 e. The number of likely N-dealkylation sites (tertiary alicyclic amines) is 1. The van der Waals surface area contributed by atoms with E-state index in [0.717, 1.165) is 57.5 Å². The van der Waals surface area contributed by atoms with Gasteiger partial charge in [-0.3, -0.25) is 9.69 Å². The van der Waals surface area contributed by atoms with Gasteiger partial charge in [0.15, 0.2) is 0 Å². The third-order valence-corrected chi connectivity index (χ3v) is 6.30. The lowest BCUT2D eigenvalue weighted by Gasteiger charge is -2.37. The number of ether oxygens (including phenoxy) is 2. The van der Waals surface area contributed by atoms with Gasteiger partial charge < -0.3 is 35.2 Å². The molecule has 31 heavy (non-hydrogen) atoms. The molecule has 1 aromatic rings. The van der Waals surface area contributed by atoms with Crippen molar-refractivity contribution in [2.45, 2.75) is 56.9 Å². The van der Waals surface area contributed by atoms with Crippen molar-refractivity contribution in [1.29, 1.82) is 0 Å². The summed E-state index contributed by atoms with van der Waals surface area (Å²) in [5.41, 5.74) is 0.802. The molecular weight excluding hydrogens is 400 g/mol. The van der Waals surface area contributed by atoms with E-state index in [0.29, 0.717) is 24.8 Å². The van der Waals surface area contributed by atoms with E-state index in [1.165, 1.54) is 0 Å². The Morgan fingerprint density at radius 3 is 2.39 bits per heavy atom. The SMILES string of the molecule is O=C1CCN(c2ccc(OCC(O)N3CCC(OC4CCNCC4)CC3)cc2)C(O)N1. The summed E-state index contributed by atoms with van der Waals surface area (Å²) in [6, 6.07) is 7.30. The van der Waals surface area contributed by atoms with Crippen molar-refractivity contribution in [3.05, 3.63) is 24.3 Å². The van der Waals surface area contributed by atoms with E-state index in [4.69, 9.17) is 9.47 Å². The highest BCUT2D eigenvalue weighted by Gasteiger charge is 2.27. The zero-order valence-corrected chi connectivity index (χ0v) is 17.9. The molecule has 3 aliphatic heterocycles. The average Bonchev–Trinajstić information content (AvgIpc) is 2.79. The number of carbonyl (C=O) groups excluding carboxylic acids is 1. The fraction of sp³-hybridized carbons (Fsp3) is 0.682. The van der Waals surface area contributed by atoms with Gasteiger partial charge in [-0.2, -0.15) is 0 Å². The van der Waals surface area contributed by atoms with E-state index < -0.39 is 12.6 Å². The molecular formula is C22H34N4O5. The normalized spacial score (nSPS) is 25.3. The molecule has 9 heteroatoms. The lowest BCUT2D eigenvalue weighted by molar-refractivity contribution is -0.125. The Morgan fingerprint density at radius 1 is 1.03 bits per heavy atom. The van der Waals surface area contributed by atoms with Crippen LogP contribution < -0.4 is 20.3 Å². The lowest BCUT2D eigenvalue weighted by Crippen LogP contribution is -2.54. The van der Waals surface area contributed by atoms with Crippen molar-refractivity contribution in [2.75, 3.05) is 44.2 Å². The van der Waals surface area contributed by atoms with Gasteiger partial charge in [-0.15, -0.1) is 0 Å². The number of anilines is 1.